The van der Waals surface area contributed by atoms with Crippen molar-refractivity contribution in [1.29, 1.82) is 0 Å². The van der Waals surface area contributed by atoms with Gasteiger partial charge in [0.05, 0.1) is 30.2 Å². The Hall–Kier alpha value is -2.16. The number of aromatic hydroxyl groups is 1. The summed E-state index contributed by atoms with van der Waals surface area (Å²) in [5, 5.41) is 14.9. The Morgan fingerprint density at radius 3 is 2.77 bits per heavy atom. The number of methoxy groups -OCH3 is 1. The standard InChI is InChI=1S/C18H22N4O3S/c1-11-8-21(9-12(2)25-11)15(13-5-4-6-14(7-13)24-3)16-17(23)22-18(26-16)19-10-20-22/h4-7,10-12,15,23H,8-9H2,1-3H3/t11-,12-,15+/m1/s1. The van der Waals surface area contributed by atoms with Gasteiger partial charge in [0.25, 0.3) is 0 Å². The fraction of sp³-hybridized carbons (Fsp3) is 0.444. The van der Waals surface area contributed by atoms with E-state index in [0.717, 1.165) is 29.3 Å². The highest BCUT2D eigenvalue weighted by molar-refractivity contribution is 7.17. The van der Waals surface area contributed by atoms with Crippen LogP contribution in [-0.4, -0.2) is 57.0 Å². The van der Waals surface area contributed by atoms with E-state index in [0.29, 0.717) is 4.96 Å². The summed E-state index contributed by atoms with van der Waals surface area (Å²) in [6, 6.07) is 7.86. The van der Waals surface area contributed by atoms with Crippen molar-refractivity contribution >= 4 is 16.3 Å². The number of ether oxygens (including phenoxy) is 2. The van der Waals surface area contributed by atoms with Crippen LogP contribution in [0.2, 0.25) is 0 Å². The summed E-state index contributed by atoms with van der Waals surface area (Å²) in [6.45, 7) is 5.71. The fourth-order valence-electron chi connectivity index (χ4n) is 3.64. The van der Waals surface area contributed by atoms with Crippen molar-refractivity contribution in [3.8, 4) is 11.6 Å². The van der Waals surface area contributed by atoms with Crippen molar-refractivity contribution in [2.45, 2.75) is 32.1 Å². The van der Waals surface area contributed by atoms with Gasteiger partial charge in [-0.05, 0) is 31.5 Å². The lowest BCUT2D eigenvalue weighted by Crippen LogP contribution is -2.47. The smallest absolute Gasteiger partial charge is 0.230 e. The van der Waals surface area contributed by atoms with Gasteiger partial charge in [-0.2, -0.15) is 9.61 Å². The average Bonchev–Trinajstić information content (AvgIpc) is 3.19. The zero-order valence-corrected chi connectivity index (χ0v) is 15.8. The molecule has 3 aromatic rings. The molecule has 0 aliphatic carbocycles. The number of nitrogens with zero attached hydrogens (tertiary/aromatic N) is 4. The maximum Gasteiger partial charge on any atom is 0.230 e. The van der Waals surface area contributed by atoms with E-state index in [1.54, 1.807) is 7.11 Å². The Kier molecular flexibility index (Phi) is 4.56. The maximum atomic E-state index is 10.8. The highest BCUT2D eigenvalue weighted by Crippen LogP contribution is 2.41. The van der Waals surface area contributed by atoms with Gasteiger partial charge >= 0.3 is 0 Å². The highest BCUT2D eigenvalue weighted by atomic mass is 32.1. The Labute approximate surface area is 155 Å². The SMILES string of the molecule is COc1cccc([C@@H](c2sc3ncnn3c2O)N2C[C@@H](C)O[C@H](C)C2)c1. The van der Waals surface area contributed by atoms with E-state index in [4.69, 9.17) is 9.47 Å². The summed E-state index contributed by atoms with van der Waals surface area (Å²) in [5.41, 5.74) is 1.06. The lowest BCUT2D eigenvalue weighted by molar-refractivity contribution is -0.0764. The number of thiazole rings is 1. The maximum absolute atomic E-state index is 10.8. The normalized spacial score (nSPS) is 22.6. The molecule has 3 heterocycles. The van der Waals surface area contributed by atoms with Crippen LogP contribution in [0.15, 0.2) is 30.6 Å². The molecule has 0 spiro atoms. The number of hydrogen-bond acceptors (Lipinski definition) is 7. The summed E-state index contributed by atoms with van der Waals surface area (Å²) in [7, 11) is 1.66. The predicted molar refractivity (Wildman–Crippen MR) is 98.9 cm³/mol. The predicted octanol–water partition coefficient (Wildman–Crippen LogP) is 2.70. The van der Waals surface area contributed by atoms with Crippen LogP contribution in [0.1, 0.15) is 30.3 Å². The van der Waals surface area contributed by atoms with Gasteiger partial charge in [0.1, 0.15) is 12.1 Å². The summed E-state index contributed by atoms with van der Waals surface area (Å²) >= 11 is 1.46. The Bertz CT molecular complexity index is 899. The number of morpholine rings is 1. The van der Waals surface area contributed by atoms with Gasteiger partial charge in [0.15, 0.2) is 0 Å². The van der Waals surface area contributed by atoms with E-state index in [9.17, 15) is 5.11 Å². The largest absolute Gasteiger partial charge is 0.497 e. The van der Waals surface area contributed by atoms with Crippen molar-refractivity contribution in [1.82, 2.24) is 19.5 Å². The van der Waals surface area contributed by atoms with Crippen LogP contribution in [0.25, 0.3) is 4.96 Å². The zero-order valence-electron chi connectivity index (χ0n) is 15.0. The lowest BCUT2D eigenvalue weighted by atomic mass is 10.0. The molecule has 26 heavy (non-hydrogen) atoms. The molecule has 1 aliphatic rings. The quantitative estimate of drug-likeness (QED) is 0.757. The summed E-state index contributed by atoms with van der Waals surface area (Å²) in [6.07, 6.45) is 1.70. The topological polar surface area (TPSA) is 72.1 Å². The van der Waals surface area contributed by atoms with E-state index >= 15 is 0 Å². The minimum atomic E-state index is -0.118. The number of hydrogen-bond donors (Lipinski definition) is 1. The molecule has 1 aromatic carbocycles. The van der Waals surface area contributed by atoms with E-state index in [-0.39, 0.29) is 24.1 Å². The number of aromatic nitrogens is 3. The molecule has 0 bridgehead atoms. The molecule has 1 saturated heterocycles. The van der Waals surface area contributed by atoms with Gasteiger partial charge in [-0.25, -0.2) is 4.98 Å². The number of fused-ring (bicyclic) bond motifs is 1. The molecule has 8 heteroatoms. The lowest BCUT2D eigenvalue weighted by Gasteiger charge is -2.40. The van der Waals surface area contributed by atoms with Gasteiger partial charge in [0.2, 0.25) is 10.8 Å². The molecule has 7 nitrogen and oxygen atoms in total. The molecule has 1 fully saturated rings. The van der Waals surface area contributed by atoms with Crippen molar-refractivity contribution in [2.24, 2.45) is 0 Å². The molecule has 3 atom stereocenters. The summed E-state index contributed by atoms with van der Waals surface area (Å²) in [5.74, 6) is 0.933. The molecular weight excluding hydrogens is 352 g/mol. The van der Waals surface area contributed by atoms with Gasteiger partial charge in [-0.15, -0.1) is 0 Å². The van der Waals surface area contributed by atoms with E-state index in [1.807, 2.05) is 18.2 Å². The first kappa shape index (κ1) is 17.3. The van der Waals surface area contributed by atoms with Crippen molar-refractivity contribution < 1.29 is 14.6 Å². The van der Waals surface area contributed by atoms with Gasteiger partial charge < -0.3 is 14.6 Å². The van der Waals surface area contributed by atoms with Crippen LogP contribution < -0.4 is 4.74 Å². The van der Waals surface area contributed by atoms with Crippen molar-refractivity contribution in [2.75, 3.05) is 20.2 Å². The zero-order chi connectivity index (χ0) is 18.3. The minimum Gasteiger partial charge on any atom is -0.497 e. The fourth-order valence-corrected chi connectivity index (χ4v) is 4.73. The molecule has 0 unspecified atom stereocenters. The third-order valence-corrected chi connectivity index (χ3v) is 5.70. The molecule has 1 aliphatic heterocycles. The van der Waals surface area contributed by atoms with E-state index in [2.05, 4.69) is 34.9 Å². The molecule has 0 radical (unpaired) electrons. The highest BCUT2D eigenvalue weighted by Gasteiger charge is 2.34. The van der Waals surface area contributed by atoms with Crippen molar-refractivity contribution in [3.05, 3.63) is 41.0 Å². The number of rotatable bonds is 4. The van der Waals surface area contributed by atoms with Crippen LogP contribution in [0, 0.1) is 0 Å². The monoisotopic (exact) mass is 374 g/mol. The van der Waals surface area contributed by atoms with Crippen LogP contribution in [0.5, 0.6) is 11.6 Å². The molecular formula is C18H22N4O3S. The number of benzene rings is 1. The average molecular weight is 374 g/mol. The molecule has 138 valence electrons. The Balaban J connectivity index is 1.83. The van der Waals surface area contributed by atoms with Crippen molar-refractivity contribution in [3.63, 3.8) is 0 Å². The van der Waals surface area contributed by atoms with E-state index in [1.165, 1.54) is 22.2 Å². The molecule has 0 saturated carbocycles. The van der Waals surface area contributed by atoms with Gasteiger partial charge in [0, 0.05) is 13.1 Å². The first-order chi connectivity index (χ1) is 12.6. The molecule has 0 amide bonds. The second-order valence-corrected chi connectivity index (χ2v) is 7.64. The second kappa shape index (κ2) is 6.86. The van der Waals surface area contributed by atoms with Crippen LogP contribution in [0.4, 0.5) is 0 Å². The van der Waals surface area contributed by atoms with E-state index < -0.39 is 0 Å². The minimum absolute atomic E-state index is 0.118. The Morgan fingerprint density at radius 1 is 1.31 bits per heavy atom. The van der Waals surface area contributed by atoms with Crippen LogP contribution in [-0.2, 0) is 4.74 Å². The van der Waals surface area contributed by atoms with Gasteiger partial charge in [-0.3, -0.25) is 4.90 Å². The van der Waals surface area contributed by atoms with Crippen LogP contribution >= 0.6 is 11.3 Å². The molecule has 4 rings (SSSR count). The second-order valence-electron chi connectivity index (χ2n) is 6.63. The molecule has 1 N–H and O–H groups in total. The third kappa shape index (κ3) is 3.04. The molecule has 2 aromatic heterocycles. The first-order valence-electron chi connectivity index (χ1n) is 8.61. The van der Waals surface area contributed by atoms with Crippen LogP contribution in [0.3, 0.4) is 0 Å². The first-order valence-corrected chi connectivity index (χ1v) is 9.43. The Morgan fingerprint density at radius 2 is 2.08 bits per heavy atom. The summed E-state index contributed by atoms with van der Waals surface area (Å²) in [4.78, 5) is 8.08. The van der Waals surface area contributed by atoms with Gasteiger partial charge in [-0.1, -0.05) is 23.5 Å². The third-order valence-electron chi connectivity index (χ3n) is 4.61. The summed E-state index contributed by atoms with van der Waals surface area (Å²) < 4.78 is 12.8.